The second-order valence-electron chi connectivity index (χ2n) is 3.57. The Labute approximate surface area is 92.3 Å². The monoisotopic (exact) mass is 213 g/mol. The minimum atomic E-state index is 0.671. The number of anilines is 1. The van der Waals surface area contributed by atoms with Gasteiger partial charge in [0.05, 0.1) is 24.7 Å². The zero-order chi connectivity index (χ0) is 10.8. The van der Waals surface area contributed by atoms with Gasteiger partial charge in [-0.1, -0.05) is 0 Å². The van der Waals surface area contributed by atoms with Crippen molar-refractivity contribution in [1.82, 2.24) is 9.97 Å². The molecule has 0 saturated carbocycles. The van der Waals surface area contributed by atoms with Crippen LogP contribution in [0.5, 0.6) is 0 Å². The van der Waals surface area contributed by atoms with Crippen LogP contribution < -0.4 is 5.32 Å². The van der Waals surface area contributed by atoms with Gasteiger partial charge in [-0.05, 0) is 24.3 Å². The molecule has 16 heavy (non-hydrogen) atoms. The second-order valence-corrected chi connectivity index (χ2v) is 3.57. The summed E-state index contributed by atoms with van der Waals surface area (Å²) < 4.78 is 5.24. The molecule has 0 atom stereocenters. The summed E-state index contributed by atoms with van der Waals surface area (Å²) in [6, 6.07) is 7.88. The van der Waals surface area contributed by atoms with Gasteiger partial charge < -0.3 is 14.7 Å². The minimum Gasteiger partial charge on any atom is -0.467 e. The molecule has 0 aliphatic heterocycles. The summed E-state index contributed by atoms with van der Waals surface area (Å²) in [6.07, 6.45) is 5.36. The standard InChI is InChI=1S/C12H11N3O/c1-2-11(16-5-1)8-14-10-6-9-3-4-13-12(9)15-7-10/h1-7,14H,8H2,(H,13,15). The van der Waals surface area contributed by atoms with Crippen molar-refractivity contribution >= 4 is 16.7 Å². The predicted molar refractivity (Wildman–Crippen MR) is 62.1 cm³/mol. The highest BCUT2D eigenvalue weighted by molar-refractivity contribution is 5.78. The van der Waals surface area contributed by atoms with Crippen LogP contribution in [0, 0.1) is 0 Å². The highest BCUT2D eigenvalue weighted by atomic mass is 16.3. The average molecular weight is 213 g/mol. The molecule has 0 radical (unpaired) electrons. The molecule has 0 saturated heterocycles. The van der Waals surface area contributed by atoms with Crippen molar-refractivity contribution in [2.75, 3.05) is 5.32 Å². The predicted octanol–water partition coefficient (Wildman–Crippen LogP) is 2.77. The lowest BCUT2D eigenvalue weighted by Gasteiger charge is -2.03. The molecule has 3 rings (SSSR count). The van der Waals surface area contributed by atoms with Gasteiger partial charge in [0.15, 0.2) is 0 Å². The van der Waals surface area contributed by atoms with Crippen molar-refractivity contribution in [2.45, 2.75) is 6.54 Å². The van der Waals surface area contributed by atoms with E-state index in [0.29, 0.717) is 6.54 Å². The molecule has 4 nitrogen and oxygen atoms in total. The van der Waals surface area contributed by atoms with E-state index >= 15 is 0 Å². The van der Waals surface area contributed by atoms with Gasteiger partial charge in [-0.2, -0.15) is 0 Å². The third-order valence-corrected chi connectivity index (χ3v) is 2.45. The first-order valence-corrected chi connectivity index (χ1v) is 5.11. The fraction of sp³-hybridized carbons (Fsp3) is 0.0833. The summed E-state index contributed by atoms with van der Waals surface area (Å²) in [5, 5.41) is 4.36. The number of aromatic amines is 1. The number of fused-ring (bicyclic) bond motifs is 1. The Morgan fingerprint density at radius 2 is 2.38 bits per heavy atom. The fourth-order valence-corrected chi connectivity index (χ4v) is 1.64. The number of H-pyrrole nitrogens is 1. The van der Waals surface area contributed by atoms with Crippen LogP contribution in [0.15, 0.2) is 47.3 Å². The second kappa shape index (κ2) is 3.73. The van der Waals surface area contributed by atoms with Crippen LogP contribution in [0.1, 0.15) is 5.76 Å². The number of furan rings is 1. The van der Waals surface area contributed by atoms with Gasteiger partial charge in [-0.3, -0.25) is 0 Å². The Bertz CT molecular complexity index is 583. The zero-order valence-electron chi connectivity index (χ0n) is 8.60. The van der Waals surface area contributed by atoms with E-state index in [-0.39, 0.29) is 0 Å². The quantitative estimate of drug-likeness (QED) is 0.703. The first-order chi connectivity index (χ1) is 7.92. The molecular weight excluding hydrogens is 202 g/mol. The van der Waals surface area contributed by atoms with E-state index in [2.05, 4.69) is 21.4 Å². The topological polar surface area (TPSA) is 53.9 Å². The third-order valence-electron chi connectivity index (χ3n) is 2.45. The first kappa shape index (κ1) is 9.03. The van der Waals surface area contributed by atoms with Crippen LogP contribution in [-0.2, 0) is 6.54 Å². The van der Waals surface area contributed by atoms with Crippen molar-refractivity contribution in [3.8, 4) is 0 Å². The maximum atomic E-state index is 5.24. The van der Waals surface area contributed by atoms with Gasteiger partial charge in [-0.15, -0.1) is 0 Å². The Morgan fingerprint density at radius 1 is 1.38 bits per heavy atom. The lowest BCUT2D eigenvalue weighted by atomic mass is 10.3. The molecule has 3 aromatic rings. The molecule has 3 aromatic heterocycles. The van der Waals surface area contributed by atoms with Crippen molar-refractivity contribution in [3.63, 3.8) is 0 Å². The van der Waals surface area contributed by atoms with Crippen molar-refractivity contribution < 1.29 is 4.42 Å². The van der Waals surface area contributed by atoms with E-state index in [0.717, 1.165) is 22.5 Å². The smallest absolute Gasteiger partial charge is 0.137 e. The molecule has 0 aliphatic carbocycles. The van der Waals surface area contributed by atoms with Gasteiger partial charge in [0.1, 0.15) is 11.4 Å². The summed E-state index contributed by atoms with van der Waals surface area (Å²) in [5.74, 6) is 0.911. The van der Waals surface area contributed by atoms with Crippen LogP contribution in [0.25, 0.3) is 11.0 Å². The van der Waals surface area contributed by atoms with Crippen molar-refractivity contribution in [3.05, 3.63) is 48.7 Å². The lowest BCUT2D eigenvalue weighted by molar-refractivity contribution is 0.518. The van der Waals surface area contributed by atoms with Crippen LogP contribution in [0.4, 0.5) is 5.69 Å². The van der Waals surface area contributed by atoms with E-state index in [1.807, 2.05) is 30.6 Å². The Kier molecular flexibility index (Phi) is 2.11. The van der Waals surface area contributed by atoms with Crippen LogP contribution in [0.3, 0.4) is 0 Å². The number of hydrogen-bond donors (Lipinski definition) is 2. The van der Waals surface area contributed by atoms with E-state index in [1.165, 1.54) is 0 Å². The van der Waals surface area contributed by atoms with Crippen LogP contribution in [-0.4, -0.2) is 9.97 Å². The molecular formula is C12H11N3O. The molecule has 0 bridgehead atoms. The van der Waals surface area contributed by atoms with Gasteiger partial charge >= 0.3 is 0 Å². The number of rotatable bonds is 3. The molecule has 0 aromatic carbocycles. The van der Waals surface area contributed by atoms with Crippen LogP contribution >= 0.6 is 0 Å². The van der Waals surface area contributed by atoms with Crippen molar-refractivity contribution in [1.29, 1.82) is 0 Å². The fourth-order valence-electron chi connectivity index (χ4n) is 1.64. The number of aromatic nitrogens is 2. The van der Waals surface area contributed by atoms with E-state index in [1.54, 1.807) is 6.26 Å². The summed E-state index contributed by atoms with van der Waals surface area (Å²) in [4.78, 5) is 7.35. The van der Waals surface area contributed by atoms with Crippen LogP contribution in [0.2, 0.25) is 0 Å². The van der Waals surface area contributed by atoms with Crippen molar-refractivity contribution in [2.24, 2.45) is 0 Å². The zero-order valence-corrected chi connectivity index (χ0v) is 8.60. The summed E-state index contributed by atoms with van der Waals surface area (Å²) in [6.45, 7) is 0.671. The van der Waals surface area contributed by atoms with E-state index < -0.39 is 0 Å². The van der Waals surface area contributed by atoms with Gasteiger partial charge in [-0.25, -0.2) is 4.98 Å². The number of nitrogens with zero attached hydrogens (tertiary/aromatic N) is 1. The largest absolute Gasteiger partial charge is 0.467 e. The third kappa shape index (κ3) is 1.65. The normalized spacial score (nSPS) is 10.8. The van der Waals surface area contributed by atoms with E-state index in [9.17, 15) is 0 Å². The summed E-state index contributed by atoms with van der Waals surface area (Å²) in [7, 11) is 0. The molecule has 0 aliphatic rings. The Hall–Kier alpha value is -2.23. The highest BCUT2D eigenvalue weighted by Gasteiger charge is 1.99. The summed E-state index contributed by atoms with van der Waals surface area (Å²) in [5.41, 5.74) is 1.90. The molecule has 80 valence electrons. The number of pyridine rings is 1. The molecule has 0 unspecified atom stereocenters. The molecule has 0 spiro atoms. The molecule has 3 heterocycles. The summed E-state index contributed by atoms with van der Waals surface area (Å²) >= 11 is 0. The minimum absolute atomic E-state index is 0.671. The number of nitrogens with one attached hydrogen (secondary N) is 2. The van der Waals surface area contributed by atoms with Gasteiger partial charge in [0, 0.05) is 11.6 Å². The maximum Gasteiger partial charge on any atom is 0.137 e. The molecule has 2 N–H and O–H groups in total. The Balaban J connectivity index is 1.78. The van der Waals surface area contributed by atoms with E-state index in [4.69, 9.17) is 4.42 Å². The number of hydrogen-bond acceptors (Lipinski definition) is 3. The first-order valence-electron chi connectivity index (χ1n) is 5.11. The van der Waals surface area contributed by atoms with Gasteiger partial charge in [0.25, 0.3) is 0 Å². The Morgan fingerprint density at radius 3 is 3.25 bits per heavy atom. The SMILES string of the molecule is c1coc(CNc2cnc3[nH]ccc3c2)c1. The molecule has 0 fully saturated rings. The average Bonchev–Trinajstić information content (AvgIpc) is 2.97. The molecule has 0 amide bonds. The molecule has 4 heteroatoms. The lowest BCUT2D eigenvalue weighted by Crippen LogP contribution is -1.98. The highest BCUT2D eigenvalue weighted by Crippen LogP contribution is 2.15. The van der Waals surface area contributed by atoms with Gasteiger partial charge in [0.2, 0.25) is 0 Å². The maximum absolute atomic E-state index is 5.24.